The Morgan fingerprint density at radius 2 is 0.912 bits per heavy atom. The van der Waals surface area contributed by atoms with Gasteiger partial charge in [-0.2, -0.15) is 0 Å². The summed E-state index contributed by atoms with van der Waals surface area (Å²) in [7, 11) is 0. The van der Waals surface area contributed by atoms with Crippen molar-refractivity contribution < 1.29 is 63.8 Å². The molecule has 6 saturated carbocycles. The van der Waals surface area contributed by atoms with Crippen LogP contribution in [0, 0.1) is 41.4 Å². The lowest BCUT2D eigenvalue weighted by Gasteiger charge is -2.42. The number of carboxylic acid groups (broad SMARTS) is 4. The molecule has 0 aromatic heterocycles. The fourth-order valence-corrected chi connectivity index (χ4v) is 11.4. The Bertz CT molecular complexity index is 1370. The second kappa shape index (κ2) is 20.4. The third-order valence-electron chi connectivity index (χ3n) is 14.6. The molecule has 15 heteroatoms. The summed E-state index contributed by atoms with van der Waals surface area (Å²) >= 11 is 0. The molecule has 0 aliphatic heterocycles. The molecule has 0 aromatic carbocycles. The Morgan fingerprint density at radius 3 is 1.40 bits per heavy atom. The number of rotatable bonds is 15. The minimum atomic E-state index is -1.04. The second-order valence-electron chi connectivity index (χ2n) is 18.2. The second-order valence-corrected chi connectivity index (χ2v) is 18.2. The highest BCUT2D eigenvalue weighted by Gasteiger charge is 2.45. The number of amides is 1. The summed E-state index contributed by atoms with van der Waals surface area (Å²) in [6.07, 6.45) is 16.4. The van der Waals surface area contributed by atoms with E-state index < -0.39 is 65.4 Å². The first-order valence-corrected chi connectivity index (χ1v) is 22.0. The molecular formula is C42H66N2O13. The fourth-order valence-electron chi connectivity index (χ4n) is 11.4. The van der Waals surface area contributed by atoms with Gasteiger partial charge in [0.15, 0.2) is 0 Å². The van der Waals surface area contributed by atoms with Crippen LogP contribution in [0.15, 0.2) is 0 Å². The van der Waals surface area contributed by atoms with E-state index in [-0.39, 0.29) is 80.2 Å². The van der Waals surface area contributed by atoms with Crippen LogP contribution >= 0.6 is 0 Å². The van der Waals surface area contributed by atoms with Crippen LogP contribution in [0.4, 0.5) is 0 Å². The zero-order chi connectivity index (χ0) is 40.6. The van der Waals surface area contributed by atoms with Gasteiger partial charge >= 0.3 is 23.9 Å². The third kappa shape index (κ3) is 11.7. The molecule has 15 nitrogen and oxygen atoms in total. The lowest BCUT2D eigenvalue weighted by Crippen LogP contribution is -2.49. The van der Waals surface area contributed by atoms with Crippen LogP contribution in [-0.2, 0) is 38.2 Å². The molecule has 1 amide bonds. The van der Waals surface area contributed by atoms with Crippen LogP contribution in [0.25, 0.3) is 0 Å². The maximum Gasteiger partial charge on any atom is 0.307 e. The Morgan fingerprint density at radius 1 is 0.456 bits per heavy atom. The minimum absolute atomic E-state index is 0.0579. The normalized spacial score (nSPS) is 39.7. The Hall–Kier alpha value is -2.85. The summed E-state index contributed by atoms with van der Waals surface area (Å²) < 4.78 is 19.8. The largest absolute Gasteiger partial charge is 0.481 e. The van der Waals surface area contributed by atoms with E-state index in [1.165, 1.54) is 0 Å². The molecule has 57 heavy (non-hydrogen) atoms. The van der Waals surface area contributed by atoms with Gasteiger partial charge in [-0.05, 0) is 153 Å². The summed E-state index contributed by atoms with van der Waals surface area (Å²) in [5.74, 6) is -8.18. The molecular weight excluding hydrogens is 740 g/mol. The van der Waals surface area contributed by atoms with Crippen molar-refractivity contribution in [1.29, 1.82) is 0 Å². The summed E-state index contributed by atoms with van der Waals surface area (Å²) in [5, 5.41) is 51.7. The Balaban J connectivity index is 0.866. The Kier molecular flexibility index (Phi) is 15.7. The van der Waals surface area contributed by atoms with E-state index in [0.29, 0.717) is 12.8 Å². The molecule has 9 atom stereocenters. The number of carboxylic acids is 4. The average molecular weight is 807 g/mol. The van der Waals surface area contributed by atoms with E-state index in [9.17, 15) is 49.6 Å². The van der Waals surface area contributed by atoms with Crippen LogP contribution in [0.2, 0.25) is 0 Å². The van der Waals surface area contributed by atoms with Crippen LogP contribution in [-0.4, -0.2) is 104 Å². The first kappa shape index (κ1) is 43.7. The SMILES string of the molecule is O=C(O)C1CCC(C(=O)O)C(C(=O)NC2CCC(OC3CCCC(OC4CCC(OC5CCC(C(NO)C6CC(C(=O)O)CCC6C(=O)O)CC5)CC4)C3)CC2)C1. The molecule has 0 aromatic rings. The van der Waals surface area contributed by atoms with Crippen molar-refractivity contribution in [2.24, 2.45) is 41.4 Å². The number of ether oxygens (including phenoxy) is 3. The van der Waals surface area contributed by atoms with Crippen LogP contribution < -0.4 is 10.8 Å². The molecule has 0 heterocycles. The van der Waals surface area contributed by atoms with E-state index in [1.54, 1.807) is 0 Å². The minimum Gasteiger partial charge on any atom is -0.481 e. The molecule has 0 saturated heterocycles. The topological polar surface area (TPSA) is 238 Å². The number of nitrogens with one attached hydrogen (secondary N) is 2. The predicted octanol–water partition coefficient (Wildman–Crippen LogP) is 5.40. The Labute approximate surface area is 335 Å². The number of hydroxylamine groups is 1. The number of hydrogen-bond donors (Lipinski definition) is 7. The monoisotopic (exact) mass is 806 g/mol. The van der Waals surface area contributed by atoms with Crippen LogP contribution in [0.5, 0.6) is 0 Å². The van der Waals surface area contributed by atoms with Gasteiger partial charge in [0.1, 0.15) is 0 Å². The summed E-state index contributed by atoms with van der Waals surface area (Å²) in [6, 6.07) is -0.527. The third-order valence-corrected chi connectivity index (χ3v) is 14.6. The van der Waals surface area contributed by atoms with E-state index in [4.69, 9.17) is 14.2 Å². The highest BCUT2D eigenvalue weighted by molar-refractivity contribution is 5.86. The van der Waals surface area contributed by atoms with E-state index in [0.717, 1.165) is 103 Å². The molecule has 322 valence electrons. The number of carbonyl (C=O) groups is 5. The van der Waals surface area contributed by atoms with Crippen molar-refractivity contribution in [3.05, 3.63) is 0 Å². The van der Waals surface area contributed by atoms with Crippen LogP contribution in [0.3, 0.4) is 0 Å². The van der Waals surface area contributed by atoms with Gasteiger partial charge in [-0.25, -0.2) is 5.48 Å². The number of aliphatic carboxylic acids is 4. The van der Waals surface area contributed by atoms with Gasteiger partial charge in [0.2, 0.25) is 5.91 Å². The van der Waals surface area contributed by atoms with Crippen molar-refractivity contribution in [3.8, 4) is 0 Å². The van der Waals surface area contributed by atoms with E-state index in [1.807, 2.05) is 0 Å². The van der Waals surface area contributed by atoms with Crippen molar-refractivity contribution in [2.45, 2.75) is 190 Å². The summed E-state index contributed by atoms with van der Waals surface area (Å²) in [4.78, 5) is 60.2. The predicted molar refractivity (Wildman–Crippen MR) is 203 cm³/mol. The van der Waals surface area contributed by atoms with Crippen molar-refractivity contribution >= 4 is 29.8 Å². The summed E-state index contributed by atoms with van der Waals surface area (Å²) in [5.41, 5.74) is 2.41. The maximum absolute atomic E-state index is 13.1. The first-order valence-electron chi connectivity index (χ1n) is 22.0. The van der Waals surface area contributed by atoms with Gasteiger partial charge < -0.3 is 45.2 Å². The van der Waals surface area contributed by atoms with Gasteiger partial charge in [-0.1, -0.05) is 0 Å². The lowest BCUT2D eigenvalue weighted by atomic mass is 9.66. The zero-order valence-electron chi connectivity index (χ0n) is 33.2. The average Bonchev–Trinajstić information content (AvgIpc) is 3.20. The molecule has 7 N–H and O–H groups in total. The molecule has 6 aliphatic carbocycles. The highest BCUT2D eigenvalue weighted by atomic mass is 16.5. The first-order chi connectivity index (χ1) is 27.4. The van der Waals surface area contributed by atoms with Crippen molar-refractivity contribution in [2.75, 3.05) is 0 Å². The molecule has 0 bridgehead atoms. The van der Waals surface area contributed by atoms with E-state index >= 15 is 0 Å². The van der Waals surface area contributed by atoms with Gasteiger partial charge in [0, 0.05) is 12.1 Å². The maximum atomic E-state index is 13.1. The number of hydrogen-bond acceptors (Lipinski definition) is 10. The fraction of sp³-hybridized carbons (Fsp3) is 0.881. The highest BCUT2D eigenvalue weighted by Crippen LogP contribution is 2.42. The summed E-state index contributed by atoms with van der Waals surface area (Å²) in [6.45, 7) is 0. The number of carbonyl (C=O) groups excluding carboxylic acids is 1. The van der Waals surface area contributed by atoms with Crippen LogP contribution in [0.1, 0.15) is 141 Å². The van der Waals surface area contributed by atoms with Crippen molar-refractivity contribution in [3.63, 3.8) is 0 Å². The molecule has 6 fully saturated rings. The standard InChI is InChI=1S/C42H66N2O13/c45-38(36-21-25(40(48)49)7-19-34(36)42(52)53)43-26-8-12-28(13-9-26)56-31-2-1-3-32(22-31)57-30-16-14-29(15-17-30)55-27-10-4-23(5-11-27)37(44-54)35-20-24(39(46)47)6-18-33(35)41(50)51/h23-37,44,54H,1-22H2,(H,43,45)(H,46,47)(H,48,49)(H,50,51)(H,52,53). The van der Waals surface area contributed by atoms with Gasteiger partial charge in [0.05, 0.1) is 66.2 Å². The van der Waals surface area contributed by atoms with Gasteiger partial charge in [0.25, 0.3) is 0 Å². The quantitative estimate of drug-likeness (QED) is 0.103. The van der Waals surface area contributed by atoms with Crippen molar-refractivity contribution in [1.82, 2.24) is 10.8 Å². The molecule has 0 radical (unpaired) electrons. The molecule has 0 spiro atoms. The molecule has 6 rings (SSSR count). The van der Waals surface area contributed by atoms with Gasteiger partial charge in [-0.3, -0.25) is 24.0 Å². The molecule has 9 unspecified atom stereocenters. The zero-order valence-corrected chi connectivity index (χ0v) is 33.2. The molecule has 6 aliphatic rings. The lowest BCUT2D eigenvalue weighted by molar-refractivity contribution is -0.154. The van der Waals surface area contributed by atoms with E-state index in [2.05, 4.69) is 10.8 Å². The smallest absolute Gasteiger partial charge is 0.307 e. The van der Waals surface area contributed by atoms with Gasteiger partial charge in [-0.15, -0.1) is 0 Å².